The van der Waals surface area contributed by atoms with Gasteiger partial charge in [-0.3, -0.25) is 10.1 Å². The summed E-state index contributed by atoms with van der Waals surface area (Å²) >= 11 is 0. The summed E-state index contributed by atoms with van der Waals surface area (Å²) in [6.07, 6.45) is 0. The molecule has 16 heavy (non-hydrogen) atoms. The zero-order valence-corrected chi connectivity index (χ0v) is 10.2. The van der Waals surface area contributed by atoms with Crippen molar-refractivity contribution >= 4 is 11.4 Å². The second kappa shape index (κ2) is 4.96. The molecule has 0 saturated carbocycles. The molecule has 0 saturated heterocycles. The number of nitro groups is 1. The van der Waals surface area contributed by atoms with Crippen molar-refractivity contribution in [2.24, 2.45) is 5.92 Å². The molecule has 0 heterocycles. The molecular weight excluding hydrogens is 204 g/mol. The van der Waals surface area contributed by atoms with Gasteiger partial charge in [0.2, 0.25) is 0 Å². The fourth-order valence-electron chi connectivity index (χ4n) is 1.29. The SMILES string of the molecule is Cc1ccc([N+](=O)[O-])cc1NC(C)C(C)C. The van der Waals surface area contributed by atoms with Gasteiger partial charge in [-0.2, -0.15) is 0 Å². The van der Waals surface area contributed by atoms with Gasteiger partial charge in [0.25, 0.3) is 5.69 Å². The molecule has 1 atom stereocenters. The van der Waals surface area contributed by atoms with Crippen molar-refractivity contribution in [3.8, 4) is 0 Å². The van der Waals surface area contributed by atoms with E-state index in [0.29, 0.717) is 12.0 Å². The van der Waals surface area contributed by atoms with Crippen molar-refractivity contribution in [3.05, 3.63) is 33.9 Å². The fraction of sp³-hybridized carbons (Fsp3) is 0.500. The number of hydrogen-bond donors (Lipinski definition) is 1. The van der Waals surface area contributed by atoms with Gasteiger partial charge >= 0.3 is 0 Å². The van der Waals surface area contributed by atoms with Crippen LogP contribution in [0, 0.1) is 23.0 Å². The molecule has 0 aliphatic rings. The molecular formula is C12H18N2O2. The first-order valence-electron chi connectivity index (χ1n) is 5.43. The molecule has 88 valence electrons. The van der Waals surface area contributed by atoms with E-state index in [1.165, 1.54) is 6.07 Å². The molecule has 4 heteroatoms. The first-order valence-corrected chi connectivity index (χ1v) is 5.43. The molecule has 0 radical (unpaired) electrons. The van der Waals surface area contributed by atoms with Crippen LogP contribution in [-0.2, 0) is 0 Å². The normalized spacial score (nSPS) is 12.6. The van der Waals surface area contributed by atoms with Gasteiger partial charge in [0.05, 0.1) is 4.92 Å². The minimum Gasteiger partial charge on any atom is -0.382 e. The number of nitrogens with one attached hydrogen (secondary N) is 1. The second-order valence-corrected chi connectivity index (χ2v) is 4.43. The van der Waals surface area contributed by atoms with Crippen molar-refractivity contribution in [1.29, 1.82) is 0 Å². The minimum absolute atomic E-state index is 0.129. The fourth-order valence-corrected chi connectivity index (χ4v) is 1.29. The average Bonchev–Trinajstić information content (AvgIpc) is 2.20. The van der Waals surface area contributed by atoms with Crippen LogP contribution in [0.4, 0.5) is 11.4 Å². The topological polar surface area (TPSA) is 55.2 Å². The lowest BCUT2D eigenvalue weighted by atomic mass is 10.1. The van der Waals surface area contributed by atoms with Crippen LogP contribution in [0.25, 0.3) is 0 Å². The molecule has 1 aromatic carbocycles. The predicted molar refractivity (Wildman–Crippen MR) is 65.8 cm³/mol. The van der Waals surface area contributed by atoms with Gasteiger partial charge in [-0.1, -0.05) is 19.9 Å². The van der Waals surface area contributed by atoms with E-state index in [-0.39, 0.29) is 10.6 Å². The maximum Gasteiger partial charge on any atom is 0.271 e. The highest BCUT2D eigenvalue weighted by Crippen LogP contribution is 2.23. The summed E-state index contributed by atoms with van der Waals surface area (Å²) in [5.41, 5.74) is 2.00. The first-order chi connectivity index (χ1) is 7.41. The molecule has 0 fully saturated rings. The van der Waals surface area contributed by atoms with E-state index in [9.17, 15) is 10.1 Å². The van der Waals surface area contributed by atoms with Crippen LogP contribution in [0.2, 0.25) is 0 Å². The number of aryl methyl sites for hydroxylation is 1. The van der Waals surface area contributed by atoms with Gasteiger partial charge in [-0.25, -0.2) is 0 Å². The first kappa shape index (κ1) is 12.5. The van der Waals surface area contributed by atoms with Crippen LogP contribution in [0.15, 0.2) is 18.2 Å². The smallest absolute Gasteiger partial charge is 0.271 e. The highest BCUT2D eigenvalue weighted by molar-refractivity contribution is 5.57. The Morgan fingerprint density at radius 3 is 2.44 bits per heavy atom. The van der Waals surface area contributed by atoms with E-state index in [2.05, 4.69) is 26.1 Å². The van der Waals surface area contributed by atoms with Gasteiger partial charge in [0.15, 0.2) is 0 Å². The maximum absolute atomic E-state index is 10.7. The summed E-state index contributed by atoms with van der Waals surface area (Å²) in [4.78, 5) is 10.3. The van der Waals surface area contributed by atoms with Crippen LogP contribution < -0.4 is 5.32 Å². The number of benzene rings is 1. The van der Waals surface area contributed by atoms with Crippen molar-refractivity contribution in [2.75, 3.05) is 5.32 Å². The van der Waals surface area contributed by atoms with E-state index >= 15 is 0 Å². The lowest BCUT2D eigenvalue weighted by molar-refractivity contribution is -0.384. The van der Waals surface area contributed by atoms with Gasteiger partial charge in [-0.15, -0.1) is 0 Å². The molecule has 0 spiro atoms. The quantitative estimate of drug-likeness (QED) is 0.627. The third-order valence-corrected chi connectivity index (χ3v) is 2.82. The number of rotatable bonds is 4. The molecule has 1 unspecified atom stereocenters. The maximum atomic E-state index is 10.7. The summed E-state index contributed by atoms with van der Waals surface area (Å²) in [5, 5.41) is 14.0. The van der Waals surface area contributed by atoms with Crippen molar-refractivity contribution in [1.82, 2.24) is 0 Å². The van der Waals surface area contributed by atoms with Gasteiger partial charge in [0, 0.05) is 23.9 Å². The highest BCUT2D eigenvalue weighted by atomic mass is 16.6. The number of nitrogens with zero attached hydrogens (tertiary/aromatic N) is 1. The van der Waals surface area contributed by atoms with Crippen molar-refractivity contribution in [3.63, 3.8) is 0 Å². The average molecular weight is 222 g/mol. The monoisotopic (exact) mass is 222 g/mol. The summed E-state index contributed by atoms with van der Waals surface area (Å²) in [5.74, 6) is 0.485. The molecule has 4 nitrogen and oxygen atoms in total. The Morgan fingerprint density at radius 1 is 1.31 bits per heavy atom. The Morgan fingerprint density at radius 2 is 1.94 bits per heavy atom. The number of anilines is 1. The Kier molecular flexibility index (Phi) is 3.88. The van der Waals surface area contributed by atoms with E-state index in [4.69, 9.17) is 0 Å². The standard InChI is InChI=1S/C12H18N2O2/c1-8(2)10(4)13-12-7-11(14(15)16)6-5-9(12)3/h5-8,10,13H,1-4H3. The molecule has 0 amide bonds. The zero-order chi connectivity index (χ0) is 12.3. The summed E-state index contributed by atoms with van der Waals surface area (Å²) < 4.78 is 0. The van der Waals surface area contributed by atoms with Crippen LogP contribution >= 0.6 is 0 Å². The van der Waals surface area contributed by atoms with Crippen LogP contribution in [0.5, 0.6) is 0 Å². The van der Waals surface area contributed by atoms with E-state index in [1.807, 2.05) is 6.92 Å². The molecule has 0 aliphatic heterocycles. The second-order valence-electron chi connectivity index (χ2n) is 4.43. The van der Waals surface area contributed by atoms with Crippen LogP contribution in [0.1, 0.15) is 26.3 Å². The van der Waals surface area contributed by atoms with E-state index in [1.54, 1.807) is 12.1 Å². The molecule has 1 rings (SSSR count). The predicted octanol–water partition coefficient (Wildman–Crippen LogP) is 3.36. The van der Waals surface area contributed by atoms with Gasteiger partial charge < -0.3 is 5.32 Å². The summed E-state index contributed by atoms with van der Waals surface area (Å²) in [7, 11) is 0. The van der Waals surface area contributed by atoms with Crippen LogP contribution in [0.3, 0.4) is 0 Å². The molecule has 0 aromatic heterocycles. The van der Waals surface area contributed by atoms with Crippen molar-refractivity contribution < 1.29 is 4.92 Å². The number of nitro benzene ring substituents is 1. The Labute approximate surface area is 95.8 Å². The third kappa shape index (κ3) is 2.95. The molecule has 1 N–H and O–H groups in total. The summed E-state index contributed by atoms with van der Waals surface area (Å²) in [6.45, 7) is 8.25. The lowest BCUT2D eigenvalue weighted by Gasteiger charge is -2.20. The lowest BCUT2D eigenvalue weighted by Crippen LogP contribution is -2.21. The minimum atomic E-state index is -0.370. The zero-order valence-electron chi connectivity index (χ0n) is 10.2. The molecule has 0 bridgehead atoms. The molecule has 1 aromatic rings. The number of hydrogen-bond acceptors (Lipinski definition) is 3. The molecule has 0 aliphatic carbocycles. The third-order valence-electron chi connectivity index (χ3n) is 2.82. The van der Waals surface area contributed by atoms with Gasteiger partial charge in [0.1, 0.15) is 0 Å². The van der Waals surface area contributed by atoms with Gasteiger partial charge in [-0.05, 0) is 25.3 Å². The Bertz CT molecular complexity index is 389. The van der Waals surface area contributed by atoms with E-state index < -0.39 is 0 Å². The van der Waals surface area contributed by atoms with Crippen LogP contribution in [-0.4, -0.2) is 11.0 Å². The number of non-ortho nitro benzene ring substituents is 1. The highest BCUT2D eigenvalue weighted by Gasteiger charge is 2.12. The van der Waals surface area contributed by atoms with E-state index in [0.717, 1.165) is 11.3 Å². The Balaban J connectivity index is 2.94. The van der Waals surface area contributed by atoms with Crippen molar-refractivity contribution in [2.45, 2.75) is 33.7 Å². The largest absolute Gasteiger partial charge is 0.382 e. The Hall–Kier alpha value is -1.58. The summed E-state index contributed by atoms with van der Waals surface area (Å²) in [6, 6.07) is 5.18.